The SMILES string of the molecule is CC(C)CC1CCCC(N2CCOC(CC(=O)O)C2)C1. The highest BCUT2D eigenvalue weighted by molar-refractivity contribution is 5.67. The van der Waals surface area contributed by atoms with Gasteiger partial charge in [-0.2, -0.15) is 0 Å². The van der Waals surface area contributed by atoms with Crippen molar-refractivity contribution in [2.75, 3.05) is 19.7 Å². The van der Waals surface area contributed by atoms with Crippen LogP contribution in [-0.4, -0.2) is 47.8 Å². The van der Waals surface area contributed by atoms with Crippen LogP contribution in [-0.2, 0) is 9.53 Å². The Morgan fingerprint density at radius 1 is 1.40 bits per heavy atom. The Labute approximate surface area is 122 Å². The summed E-state index contributed by atoms with van der Waals surface area (Å²) < 4.78 is 5.58. The molecule has 116 valence electrons. The first kappa shape index (κ1) is 15.8. The second kappa shape index (κ2) is 7.41. The van der Waals surface area contributed by atoms with Crippen molar-refractivity contribution in [3.63, 3.8) is 0 Å². The molecule has 1 saturated heterocycles. The molecule has 0 bridgehead atoms. The van der Waals surface area contributed by atoms with Crippen LogP contribution < -0.4 is 0 Å². The highest BCUT2D eigenvalue weighted by Gasteiger charge is 2.31. The van der Waals surface area contributed by atoms with Crippen molar-refractivity contribution in [2.45, 2.75) is 64.5 Å². The van der Waals surface area contributed by atoms with E-state index in [1.54, 1.807) is 0 Å². The molecule has 2 aliphatic rings. The maximum atomic E-state index is 10.8. The monoisotopic (exact) mass is 283 g/mol. The van der Waals surface area contributed by atoms with Crippen molar-refractivity contribution in [3.05, 3.63) is 0 Å². The van der Waals surface area contributed by atoms with Crippen LogP contribution in [0.25, 0.3) is 0 Å². The quantitative estimate of drug-likeness (QED) is 0.843. The average molecular weight is 283 g/mol. The average Bonchev–Trinajstić information content (AvgIpc) is 2.38. The lowest BCUT2D eigenvalue weighted by atomic mass is 9.80. The summed E-state index contributed by atoms with van der Waals surface area (Å²) in [4.78, 5) is 13.3. The van der Waals surface area contributed by atoms with E-state index >= 15 is 0 Å². The lowest BCUT2D eigenvalue weighted by Gasteiger charge is -2.42. The fourth-order valence-electron chi connectivity index (χ4n) is 3.87. The number of hydrogen-bond acceptors (Lipinski definition) is 3. The zero-order valence-electron chi connectivity index (χ0n) is 12.9. The van der Waals surface area contributed by atoms with Gasteiger partial charge in [0.25, 0.3) is 0 Å². The van der Waals surface area contributed by atoms with Gasteiger partial charge >= 0.3 is 5.97 Å². The standard InChI is InChI=1S/C16H29NO3/c1-12(2)8-13-4-3-5-14(9-13)17-6-7-20-15(11-17)10-16(18)19/h12-15H,3-11H2,1-2H3,(H,18,19). The summed E-state index contributed by atoms with van der Waals surface area (Å²) in [6, 6.07) is 0.646. The Hall–Kier alpha value is -0.610. The lowest BCUT2D eigenvalue weighted by Crippen LogP contribution is -2.49. The fourth-order valence-corrected chi connectivity index (χ4v) is 3.87. The molecule has 2 fully saturated rings. The number of carboxylic acids is 1. The van der Waals surface area contributed by atoms with E-state index in [-0.39, 0.29) is 12.5 Å². The molecule has 0 spiro atoms. The number of aliphatic carboxylic acids is 1. The Balaban J connectivity index is 1.84. The van der Waals surface area contributed by atoms with Gasteiger partial charge in [-0.05, 0) is 31.1 Å². The first-order chi connectivity index (χ1) is 9.54. The lowest BCUT2D eigenvalue weighted by molar-refractivity contribution is -0.142. The molecule has 1 aliphatic carbocycles. The van der Waals surface area contributed by atoms with E-state index in [0.717, 1.165) is 24.9 Å². The van der Waals surface area contributed by atoms with Crippen LogP contribution in [0.5, 0.6) is 0 Å². The number of ether oxygens (including phenoxy) is 1. The number of morpholine rings is 1. The van der Waals surface area contributed by atoms with E-state index in [1.807, 2.05) is 0 Å². The number of carbonyl (C=O) groups is 1. The Kier molecular flexibility index (Phi) is 5.85. The number of hydrogen-bond donors (Lipinski definition) is 1. The molecule has 1 saturated carbocycles. The third-order valence-electron chi connectivity index (χ3n) is 4.65. The number of rotatable bonds is 5. The minimum absolute atomic E-state index is 0.119. The summed E-state index contributed by atoms with van der Waals surface area (Å²) in [6.45, 7) is 7.06. The van der Waals surface area contributed by atoms with Gasteiger partial charge in [0.2, 0.25) is 0 Å². The van der Waals surface area contributed by atoms with E-state index in [9.17, 15) is 4.79 Å². The van der Waals surface area contributed by atoms with Crippen LogP contribution in [0.4, 0.5) is 0 Å². The molecular weight excluding hydrogens is 254 g/mol. The summed E-state index contributed by atoms with van der Waals surface area (Å²) in [5, 5.41) is 8.90. The van der Waals surface area contributed by atoms with Crippen molar-refractivity contribution in [3.8, 4) is 0 Å². The Bertz CT molecular complexity index is 319. The van der Waals surface area contributed by atoms with Crippen LogP contribution in [0.15, 0.2) is 0 Å². The zero-order chi connectivity index (χ0) is 14.5. The predicted molar refractivity (Wildman–Crippen MR) is 78.8 cm³/mol. The van der Waals surface area contributed by atoms with Gasteiger partial charge in [-0.25, -0.2) is 0 Å². The molecule has 1 aliphatic heterocycles. The molecular formula is C16H29NO3. The van der Waals surface area contributed by atoms with E-state index in [1.165, 1.54) is 32.1 Å². The zero-order valence-corrected chi connectivity index (χ0v) is 12.9. The second-order valence-electron chi connectivity index (χ2n) is 6.90. The molecule has 2 rings (SSSR count). The van der Waals surface area contributed by atoms with Crippen LogP contribution in [0.1, 0.15) is 52.4 Å². The summed E-state index contributed by atoms with van der Waals surface area (Å²) in [7, 11) is 0. The number of carboxylic acid groups (broad SMARTS) is 1. The molecule has 0 aromatic rings. The van der Waals surface area contributed by atoms with Gasteiger partial charge in [-0.1, -0.05) is 26.7 Å². The summed E-state index contributed by atoms with van der Waals surface area (Å²) in [5.41, 5.74) is 0. The van der Waals surface area contributed by atoms with Gasteiger partial charge in [-0.15, -0.1) is 0 Å². The maximum Gasteiger partial charge on any atom is 0.306 e. The molecule has 0 amide bonds. The van der Waals surface area contributed by atoms with E-state index < -0.39 is 5.97 Å². The summed E-state index contributed by atoms with van der Waals surface area (Å²) in [5.74, 6) is 0.885. The van der Waals surface area contributed by atoms with Crippen molar-refractivity contribution < 1.29 is 14.6 Å². The van der Waals surface area contributed by atoms with Gasteiger partial charge in [0.05, 0.1) is 19.1 Å². The van der Waals surface area contributed by atoms with Gasteiger partial charge < -0.3 is 9.84 Å². The normalized spacial score (nSPS) is 32.5. The molecule has 3 unspecified atom stereocenters. The van der Waals surface area contributed by atoms with Crippen LogP contribution in [0.2, 0.25) is 0 Å². The maximum absolute atomic E-state index is 10.8. The summed E-state index contributed by atoms with van der Waals surface area (Å²) in [6.07, 6.45) is 6.61. The fraction of sp³-hybridized carbons (Fsp3) is 0.938. The van der Waals surface area contributed by atoms with Crippen molar-refractivity contribution >= 4 is 5.97 Å². The highest BCUT2D eigenvalue weighted by Crippen LogP contribution is 2.32. The topological polar surface area (TPSA) is 49.8 Å². The molecule has 3 atom stereocenters. The predicted octanol–water partition coefficient (Wildman–Crippen LogP) is 2.77. The molecule has 1 heterocycles. The van der Waals surface area contributed by atoms with Gasteiger partial charge in [0.1, 0.15) is 0 Å². The van der Waals surface area contributed by atoms with E-state index in [0.29, 0.717) is 12.6 Å². The molecule has 0 aromatic carbocycles. The smallest absolute Gasteiger partial charge is 0.306 e. The van der Waals surface area contributed by atoms with Crippen molar-refractivity contribution in [1.29, 1.82) is 0 Å². The Morgan fingerprint density at radius 3 is 2.90 bits per heavy atom. The van der Waals surface area contributed by atoms with Gasteiger partial charge in [-0.3, -0.25) is 9.69 Å². The second-order valence-corrected chi connectivity index (χ2v) is 6.90. The van der Waals surface area contributed by atoms with Crippen molar-refractivity contribution in [1.82, 2.24) is 4.90 Å². The van der Waals surface area contributed by atoms with Crippen LogP contribution >= 0.6 is 0 Å². The molecule has 1 N–H and O–H groups in total. The molecule has 20 heavy (non-hydrogen) atoms. The first-order valence-electron chi connectivity index (χ1n) is 8.12. The molecule has 0 aromatic heterocycles. The number of nitrogens with zero attached hydrogens (tertiary/aromatic N) is 1. The van der Waals surface area contributed by atoms with E-state index in [4.69, 9.17) is 9.84 Å². The van der Waals surface area contributed by atoms with Crippen molar-refractivity contribution in [2.24, 2.45) is 11.8 Å². The van der Waals surface area contributed by atoms with E-state index in [2.05, 4.69) is 18.7 Å². The molecule has 4 heteroatoms. The molecule has 0 radical (unpaired) electrons. The largest absolute Gasteiger partial charge is 0.481 e. The molecule has 4 nitrogen and oxygen atoms in total. The highest BCUT2D eigenvalue weighted by atomic mass is 16.5. The third-order valence-corrected chi connectivity index (χ3v) is 4.65. The van der Waals surface area contributed by atoms with Gasteiger partial charge in [0, 0.05) is 19.1 Å². The van der Waals surface area contributed by atoms with Gasteiger partial charge in [0.15, 0.2) is 0 Å². The minimum atomic E-state index is -0.752. The minimum Gasteiger partial charge on any atom is -0.481 e. The van der Waals surface area contributed by atoms with Crippen LogP contribution in [0.3, 0.4) is 0 Å². The third kappa shape index (κ3) is 4.74. The first-order valence-corrected chi connectivity index (χ1v) is 8.12. The summed E-state index contributed by atoms with van der Waals surface area (Å²) >= 11 is 0. The van der Waals surface area contributed by atoms with Crippen LogP contribution in [0, 0.1) is 11.8 Å². The Morgan fingerprint density at radius 2 is 2.20 bits per heavy atom.